The third kappa shape index (κ3) is 46.8. The number of unbranched alkanes of at least 4 members (excludes halogenated alkanes) is 10. The number of hydrogen-bond acceptors (Lipinski definition) is 4. The van der Waals surface area contributed by atoms with Gasteiger partial charge in [-0.05, 0) is 109 Å². The van der Waals surface area contributed by atoms with E-state index in [9.17, 15) is 9.90 Å². The molecule has 0 aromatic heterocycles. The number of carbonyl (C=O) groups is 1. The molecular weight excluding hydrogens is 701 g/mol. The van der Waals surface area contributed by atoms with Crippen LogP contribution in [0.25, 0.3) is 0 Å². The average Bonchev–Trinajstić information content (AvgIpc) is 3.22. The van der Waals surface area contributed by atoms with E-state index in [4.69, 9.17) is 9.47 Å². The maximum absolute atomic E-state index is 12.2. The second kappa shape index (κ2) is 48.7. The van der Waals surface area contributed by atoms with Gasteiger partial charge in [0.1, 0.15) is 6.10 Å². The summed E-state index contributed by atoms with van der Waals surface area (Å²) in [6, 6.07) is 0. The summed E-state index contributed by atoms with van der Waals surface area (Å²) < 4.78 is 11.1. The Morgan fingerprint density at radius 2 is 0.737 bits per heavy atom. The molecule has 0 bridgehead atoms. The molecule has 0 aliphatic rings. The topological polar surface area (TPSA) is 55.8 Å². The molecule has 0 spiro atoms. The Bertz CT molecular complexity index is 1190. The fourth-order valence-corrected chi connectivity index (χ4v) is 5.65. The minimum Gasteiger partial charge on any atom is -0.457 e. The zero-order chi connectivity index (χ0) is 41.2. The van der Waals surface area contributed by atoms with E-state index < -0.39 is 6.10 Å². The zero-order valence-corrected chi connectivity index (χ0v) is 36.5. The van der Waals surface area contributed by atoms with Crippen LogP contribution < -0.4 is 0 Å². The van der Waals surface area contributed by atoms with Crippen molar-refractivity contribution >= 4 is 5.97 Å². The van der Waals surface area contributed by atoms with Crippen LogP contribution in [0, 0.1) is 0 Å². The van der Waals surface area contributed by atoms with Gasteiger partial charge in [-0.25, -0.2) is 0 Å². The molecule has 320 valence electrons. The maximum atomic E-state index is 12.2. The van der Waals surface area contributed by atoms with Gasteiger partial charge in [0.25, 0.3) is 0 Å². The molecule has 0 rings (SSSR count). The first-order valence-electron chi connectivity index (χ1n) is 22.8. The maximum Gasteiger partial charge on any atom is 0.306 e. The number of aliphatic hydroxyl groups excluding tert-OH is 1. The van der Waals surface area contributed by atoms with Crippen LogP contribution in [0.4, 0.5) is 0 Å². The minimum absolute atomic E-state index is 0.200. The summed E-state index contributed by atoms with van der Waals surface area (Å²) in [5, 5.41) is 9.62. The Morgan fingerprint density at radius 1 is 0.421 bits per heavy atom. The Balaban J connectivity index is 3.59. The molecule has 0 aromatic carbocycles. The largest absolute Gasteiger partial charge is 0.457 e. The van der Waals surface area contributed by atoms with E-state index in [-0.39, 0.29) is 19.2 Å². The summed E-state index contributed by atoms with van der Waals surface area (Å²) in [7, 11) is 0. The highest BCUT2D eigenvalue weighted by molar-refractivity contribution is 5.69. The third-order valence-corrected chi connectivity index (χ3v) is 8.97. The SMILES string of the molecule is CC/C=C\C/C=C\C/C=C\C/C=C\C/C=C\C/C=C\CCCCCCCCCOCC(CO)OC(=O)CCCCC/C=C\C/C=C\C/C=C\C/C=C\C/C=C\CC. The van der Waals surface area contributed by atoms with E-state index in [1.165, 1.54) is 38.5 Å². The van der Waals surface area contributed by atoms with Gasteiger partial charge in [0.15, 0.2) is 0 Å². The third-order valence-electron chi connectivity index (χ3n) is 8.97. The molecule has 0 aromatic rings. The van der Waals surface area contributed by atoms with Crippen LogP contribution in [0.3, 0.4) is 0 Å². The molecule has 1 unspecified atom stereocenters. The van der Waals surface area contributed by atoms with Crippen molar-refractivity contribution in [2.24, 2.45) is 0 Å². The molecule has 0 aliphatic heterocycles. The van der Waals surface area contributed by atoms with Gasteiger partial charge >= 0.3 is 5.97 Å². The van der Waals surface area contributed by atoms with Gasteiger partial charge in [-0.15, -0.1) is 0 Å². The van der Waals surface area contributed by atoms with Crippen molar-refractivity contribution in [1.29, 1.82) is 0 Å². The summed E-state index contributed by atoms with van der Waals surface area (Å²) in [4.78, 5) is 12.2. The summed E-state index contributed by atoms with van der Waals surface area (Å²) in [5.41, 5.74) is 0. The van der Waals surface area contributed by atoms with Gasteiger partial charge < -0.3 is 14.6 Å². The first kappa shape index (κ1) is 53.5. The molecule has 0 amide bonds. The molecule has 0 saturated carbocycles. The molecule has 0 fully saturated rings. The van der Waals surface area contributed by atoms with E-state index in [2.05, 4.69) is 148 Å². The predicted octanol–water partition coefficient (Wildman–Crippen LogP) is 15.4. The molecule has 4 heteroatoms. The quantitative estimate of drug-likeness (QED) is 0.0382. The van der Waals surface area contributed by atoms with Crippen molar-refractivity contribution in [1.82, 2.24) is 0 Å². The summed E-state index contributed by atoms with van der Waals surface area (Å²) in [5.74, 6) is -0.242. The Kier molecular flexibility index (Phi) is 45.7. The molecule has 1 N–H and O–H groups in total. The van der Waals surface area contributed by atoms with Crippen LogP contribution in [0.15, 0.2) is 134 Å². The molecule has 57 heavy (non-hydrogen) atoms. The Labute approximate surface area is 351 Å². The summed E-state index contributed by atoms with van der Waals surface area (Å²) >= 11 is 0. The fourth-order valence-electron chi connectivity index (χ4n) is 5.65. The lowest BCUT2D eigenvalue weighted by molar-refractivity contribution is -0.154. The van der Waals surface area contributed by atoms with Crippen molar-refractivity contribution in [3.05, 3.63) is 134 Å². The highest BCUT2D eigenvalue weighted by Crippen LogP contribution is 2.10. The van der Waals surface area contributed by atoms with E-state index in [1.807, 2.05) is 0 Å². The number of allylic oxidation sites excluding steroid dienone is 22. The van der Waals surface area contributed by atoms with Crippen molar-refractivity contribution in [3.63, 3.8) is 0 Å². The number of aliphatic hydroxyl groups is 1. The van der Waals surface area contributed by atoms with Gasteiger partial charge in [0, 0.05) is 13.0 Å². The first-order chi connectivity index (χ1) is 28.2. The number of rotatable bonds is 40. The normalized spacial score (nSPS) is 13.7. The molecule has 4 nitrogen and oxygen atoms in total. The summed E-state index contributed by atoms with van der Waals surface area (Å²) in [6.07, 6.45) is 73.7. The average molecular weight is 785 g/mol. The molecule has 0 radical (unpaired) electrons. The fraction of sp³-hybridized carbons (Fsp3) is 0.566. The van der Waals surface area contributed by atoms with Gasteiger partial charge in [0.05, 0.1) is 13.2 Å². The number of esters is 1. The molecule has 0 aliphatic carbocycles. The van der Waals surface area contributed by atoms with Gasteiger partial charge in [-0.2, -0.15) is 0 Å². The first-order valence-corrected chi connectivity index (χ1v) is 22.8. The van der Waals surface area contributed by atoms with Crippen molar-refractivity contribution < 1.29 is 19.4 Å². The Morgan fingerprint density at radius 3 is 1.11 bits per heavy atom. The zero-order valence-electron chi connectivity index (χ0n) is 36.5. The van der Waals surface area contributed by atoms with Crippen LogP contribution in [0.5, 0.6) is 0 Å². The lowest BCUT2D eigenvalue weighted by Crippen LogP contribution is -2.27. The Hall–Kier alpha value is -3.47. The molecule has 0 saturated heterocycles. The number of carbonyl (C=O) groups excluding carboxylic acids is 1. The van der Waals surface area contributed by atoms with E-state index >= 15 is 0 Å². The molecule has 1 atom stereocenters. The number of ether oxygens (including phenoxy) is 2. The smallest absolute Gasteiger partial charge is 0.306 e. The molecular formula is C53H84O4. The second-order valence-corrected chi connectivity index (χ2v) is 14.4. The highest BCUT2D eigenvalue weighted by atomic mass is 16.6. The van der Waals surface area contributed by atoms with E-state index in [1.54, 1.807) is 0 Å². The minimum atomic E-state index is -0.569. The standard InChI is InChI=1S/C53H84O4/c1-3-5-7-9-11-13-15-17-19-21-23-24-25-26-27-28-29-31-33-35-37-39-41-43-45-47-49-56-51-52(50-54)57-53(55)48-46-44-42-40-38-36-34-32-30-22-20-18-16-14-12-10-8-6-4-2/h5-8,11-14,17-20,23-24,26-27,29-32,36,38,52,54H,3-4,9-10,15-16,21-22,25,28,33-35,37,39-51H2,1-2H3/b7-5-,8-6-,13-11-,14-12-,19-17-,20-18-,24-23-,27-26-,31-29-,32-30-,38-36-. The predicted molar refractivity (Wildman–Crippen MR) is 250 cm³/mol. The van der Waals surface area contributed by atoms with Crippen LogP contribution >= 0.6 is 0 Å². The number of hydrogen-bond donors (Lipinski definition) is 1. The van der Waals surface area contributed by atoms with Crippen LogP contribution in [-0.2, 0) is 14.3 Å². The van der Waals surface area contributed by atoms with Crippen molar-refractivity contribution in [3.8, 4) is 0 Å². The van der Waals surface area contributed by atoms with Gasteiger partial charge in [-0.3, -0.25) is 4.79 Å². The van der Waals surface area contributed by atoms with Crippen LogP contribution in [-0.4, -0.2) is 37.0 Å². The lowest BCUT2D eigenvalue weighted by atomic mass is 10.1. The lowest BCUT2D eigenvalue weighted by Gasteiger charge is -2.15. The van der Waals surface area contributed by atoms with Crippen LogP contribution in [0.1, 0.15) is 168 Å². The van der Waals surface area contributed by atoms with Crippen LogP contribution in [0.2, 0.25) is 0 Å². The van der Waals surface area contributed by atoms with Crippen molar-refractivity contribution in [2.75, 3.05) is 19.8 Å². The monoisotopic (exact) mass is 785 g/mol. The van der Waals surface area contributed by atoms with Crippen molar-refractivity contribution in [2.45, 2.75) is 174 Å². The van der Waals surface area contributed by atoms with Gasteiger partial charge in [-0.1, -0.05) is 186 Å². The van der Waals surface area contributed by atoms with E-state index in [0.717, 1.165) is 109 Å². The second-order valence-electron chi connectivity index (χ2n) is 14.4. The van der Waals surface area contributed by atoms with Gasteiger partial charge in [0.2, 0.25) is 0 Å². The summed E-state index contributed by atoms with van der Waals surface area (Å²) in [6.45, 7) is 5.03. The highest BCUT2D eigenvalue weighted by Gasteiger charge is 2.13. The molecule has 0 heterocycles. The van der Waals surface area contributed by atoms with E-state index in [0.29, 0.717) is 13.0 Å².